The monoisotopic (exact) mass is 462 g/mol. The molecule has 2 amide bonds. The Morgan fingerprint density at radius 3 is 2.61 bits per heavy atom. The van der Waals surface area contributed by atoms with E-state index < -0.39 is 0 Å². The number of benzene rings is 2. The van der Waals surface area contributed by atoms with E-state index in [1.165, 1.54) is 4.90 Å². The Morgan fingerprint density at radius 2 is 1.93 bits per heavy atom. The van der Waals surface area contributed by atoms with Gasteiger partial charge in [0.1, 0.15) is 11.5 Å². The quantitative estimate of drug-likeness (QED) is 0.616. The second kappa shape index (κ2) is 8.70. The largest absolute Gasteiger partial charge is 0.497 e. The first-order chi connectivity index (χ1) is 13.4. The van der Waals surface area contributed by atoms with Gasteiger partial charge in [-0.3, -0.25) is 14.5 Å². The number of rotatable bonds is 6. The molecule has 0 bridgehead atoms. The summed E-state index contributed by atoms with van der Waals surface area (Å²) in [4.78, 5) is 26.6. The van der Waals surface area contributed by atoms with Crippen molar-refractivity contribution in [2.24, 2.45) is 0 Å². The number of methoxy groups -OCH3 is 2. The number of aryl methyl sites for hydroxylation is 1. The summed E-state index contributed by atoms with van der Waals surface area (Å²) in [5.41, 5.74) is 2.58. The van der Waals surface area contributed by atoms with E-state index in [1.54, 1.807) is 38.5 Å². The minimum atomic E-state index is -0.338. The number of thioether (sulfide) groups is 1. The van der Waals surface area contributed by atoms with E-state index in [0.29, 0.717) is 22.0 Å². The lowest BCUT2D eigenvalue weighted by Gasteiger charge is -2.16. The van der Waals surface area contributed by atoms with Crippen LogP contribution in [0.2, 0.25) is 0 Å². The molecule has 0 atom stereocenters. The summed E-state index contributed by atoms with van der Waals surface area (Å²) in [6, 6.07) is 11.1. The van der Waals surface area contributed by atoms with Gasteiger partial charge in [-0.25, -0.2) is 0 Å². The zero-order valence-corrected chi connectivity index (χ0v) is 18.0. The molecule has 0 aromatic heterocycles. The molecule has 1 aliphatic rings. The van der Waals surface area contributed by atoms with Gasteiger partial charge in [-0.1, -0.05) is 15.9 Å². The van der Waals surface area contributed by atoms with Crippen molar-refractivity contribution in [3.63, 3.8) is 0 Å². The second-order valence-electron chi connectivity index (χ2n) is 6.01. The Labute approximate surface area is 176 Å². The number of carbonyl (C=O) groups excluding carboxylic acids is 2. The van der Waals surface area contributed by atoms with Crippen LogP contribution in [0.5, 0.6) is 11.5 Å². The molecule has 1 heterocycles. The van der Waals surface area contributed by atoms with Crippen LogP contribution >= 0.6 is 27.7 Å². The molecule has 1 aliphatic heterocycles. The zero-order valence-electron chi connectivity index (χ0n) is 15.6. The van der Waals surface area contributed by atoms with Crippen LogP contribution in [0.25, 0.3) is 6.08 Å². The number of nitrogens with one attached hydrogen (secondary N) is 1. The normalized spacial score (nSPS) is 15.3. The van der Waals surface area contributed by atoms with Crippen LogP contribution in [0.1, 0.15) is 11.1 Å². The number of carbonyl (C=O) groups is 2. The molecule has 1 N–H and O–H groups in total. The van der Waals surface area contributed by atoms with Gasteiger partial charge in [0.15, 0.2) is 0 Å². The summed E-state index contributed by atoms with van der Waals surface area (Å²) in [7, 11) is 3.11. The maximum absolute atomic E-state index is 12.7. The van der Waals surface area contributed by atoms with Crippen LogP contribution < -0.4 is 14.8 Å². The Bertz CT molecular complexity index is 961. The maximum Gasteiger partial charge on any atom is 0.295 e. The molecule has 2 aromatic rings. The molecule has 6 nitrogen and oxygen atoms in total. The predicted molar refractivity (Wildman–Crippen MR) is 115 cm³/mol. The highest BCUT2D eigenvalue weighted by Gasteiger charge is 2.35. The maximum atomic E-state index is 12.7. The zero-order chi connectivity index (χ0) is 20.3. The van der Waals surface area contributed by atoms with E-state index in [2.05, 4.69) is 21.2 Å². The highest BCUT2D eigenvalue weighted by molar-refractivity contribution is 9.10. The number of anilines is 1. The molecular formula is C20H19BrN2O4S. The Kier molecular flexibility index (Phi) is 6.31. The van der Waals surface area contributed by atoms with Crippen LogP contribution in [0.3, 0.4) is 0 Å². The third-order valence-corrected chi connectivity index (χ3v) is 5.62. The molecule has 28 heavy (non-hydrogen) atoms. The standard InChI is InChI=1S/C20H19BrN2O4S/c1-12-8-14(21)5-7-16(12)22-11-23-19(24)18(28-20(23)25)9-13-4-6-15(26-2)10-17(13)27-3/h4-10,22H,11H2,1-3H3/b18-9-. The van der Waals surface area contributed by atoms with Crippen molar-refractivity contribution < 1.29 is 19.1 Å². The summed E-state index contributed by atoms with van der Waals surface area (Å²) >= 11 is 4.33. The first-order valence-electron chi connectivity index (χ1n) is 8.40. The minimum Gasteiger partial charge on any atom is -0.497 e. The molecule has 146 valence electrons. The van der Waals surface area contributed by atoms with Crippen LogP contribution in [0.15, 0.2) is 45.8 Å². The molecule has 3 rings (SSSR count). The highest BCUT2D eigenvalue weighted by atomic mass is 79.9. The number of amides is 2. The van der Waals surface area contributed by atoms with Crippen LogP contribution in [-0.2, 0) is 4.79 Å². The summed E-state index contributed by atoms with van der Waals surface area (Å²) in [6.07, 6.45) is 1.66. The van der Waals surface area contributed by atoms with E-state index in [1.807, 2.05) is 25.1 Å². The van der Waals surface area contributed by atoms with Gasteiger partial charge in [-0.2, -0.15) is 0 Å². The number of ether oxygens (including phenoxy) is 2. The van der Waals surface area contributed by atoms with Gasteiger partial charge in [-0.15, -0.1) is 0 Å². The fraction of sp³-hybridized carbons (Fsp3) is 0.200. The fourth-order valence-electron chi connectivity index (χ4n) is 2.70. The molecular weight excluding hydrogens is 444 g/mol. The number of nitrogens with zero attached hydrogens (tertiary/aromatic N) is 1. The Morgan fingerprint density at radius 1 is 1.14 bits per heavy atom. The van der Waals surface area contributed by atoms with E-state index in [-0.39, 0.29) is 17.8 Å². The van der Waals surface area contributed by atoms with Crippen molar-refractivity contribution in [2.75, 3.05) is 26.2 Å². The average Bonchev–Trinajstić information content (AvgIpc) is 2.94. The lowest BCUT2D eigenvalue weighted by Crippen LogP contribution is -2.33. The van der Waals surface area contributed by atoms with E-state index in [0.717, 1.165) is 27.5 Å². The van der Waals surface area contributed by atoms with Crippen molar-refractivity contribution in [3.05, 3.63) is 56.9 Å². The first kappa shape index (κ1) is 20.3. The van der Waals surface area contributed by atoms with Crippen molar-refractivity contribution >= 4 is 50.6 Å². The van der Waals surface area contributed by atoms with E-state index >= 15 is 0 Å². The van der Waals surface area contributed by atoms with Crippen molar-refractivity contribution in [1.29, 1.82) is 0 Å². The third kappa shape index (κ3) is 4.34. The molecule has 8 heteroatoms. The Hall–Kier alpha value is -2.45. The molecule has 0 spiro atoms. The molecule has 0 radical (unpaired) electrons. The molecule has 0 aliphatic carbocycles. The van der Waals surface area contributed by atoms with Gasteiger partial charge in [0.2, 0.25) is 0 Å². The van der Waals surface area contributed by atoms with Gasteiger partial charge in [0.25, 0.3) is 11.1 Å². The fourth-order valence-corrected chi connectivity index (χ4v) is 4.01. The smallest absolute Gasteiger partial charge is 0.295 e. The van der Waals surface area contributed by atoms with Crippen molar-refractivity contribution in [2.45, 2.75) is 6.92 Å². The molecule has 1 fully saturated rings. The minimum absolute atomic E-state index is 0.101. The number of hydrogen-bond donors (Lipinski definition) is 1. The summed E-state index contributed by atoms with van der Waals surface area (Å²) in [6.45, 7) is 2.06. The van der Waals surface area contributed by atoms with Gasteiger partial charge in [0, 0.05) is 21.8 Å². The van der Waals surface area contributed by atoms with Crippen molar-refractivity contribution in [3.8, 4) is 11.5 Å². The topological polar surface area (TPSA) is 67.9 Å². The van der Waals surface area contributed by atoms with Crippen LogP contribution in [-0.4, -0.2) is 36.9 Å². The van der Waals surface area contributed by atoms with Crippen LogP contribution in [0.4, 0.5) is 10.5 Å². The van der Waals surface area contributed by atoms with Gasteiger partial charge < -0.3 is 14.8 Å². The molecule has 0 saturated carbocycles. The summed E-state index contributed by atoms with van der Waals surface area (Å²) in [5.74, 6) is 0.876. The number of halogens is 1. The molecule has 0 unspecified atom stereocenters. The average molecular weight is 463 g/mol. The van der Waals surface area contributed by atoms with Gasteiger partial charge in [-0.05, 0) is 60.7 Å². The van der Waals surface area contributed by atoms with Gasteiger partial charge >= 0.3 is 0 Å². The van der Waals surface area contributed by atoms with E-state index in [9.17, 15) is 9.59 Å². The highest BCUT2D eigenvalue weighted by Crippen LogP contribution is 2.35. The lowest BCUT2D eigenvalue weighted by molar-refractivity contribution is -0.122. The Balaban J connectivity index is 1.77. The van der Waals surface area contributed by atoms with Crippen LogP contribution in [0, 0.1) is 6.92 Å². The second-order valence-corrected chi connectivity index (χ2v) is 7.92. The third-order valence-electron chi connectivity index (χ3n) is 4.22. The number of imide groups is 1. The van der Waals surface area contributed by atoms with Crippen molar-refractivity contribution in [1.82, 2.24) is 4.90 Å². The molecule has 2 aromatic carbocycles. The lowest BCUT2D eigenvalue weighted by atomic mass is 10.1. The molecule has 1 saturated heterocycles. The van der Waals surface area contributed by atoms with E-state index in [4.69, 9.17) is 9.47 Å². The summed E-state index contributed by atoms with van der Waals surface area (Å²) in [5, 5.41) is 2.83. The number of hydrogen-bond acceptors (Lipinski definition) is 6. The first-order valence-corrected chi connectivity index (χ1v) is 10.0. The predicted octanol–water partition coefficient (Wildman–Crippen LogP) is 4.88. The SMILES string of the molecule is COc1ccc(/C=C2\SC(=O)N(CNc3ccc(Br)cc3C)C2=O)c(OC)c1. The van der Waals surface area contributed by atoms with Gasteiger partial charge in [0.05, 0.1) is 25.8 Å². The summed E-state index contributed by atoms with van der Waals surface area (Å²) < 4.78 is 11.5.